The fourth-order valence-corrected chi connectivity index (χ4v) is 3.19. The predicted molar refractivity (Wildman–Crippen MR) is 87.5 cm³/mol. The van der Waals surface area contributed by atoms with Gasteiger partial charge in [0.2, 0.25) is 5.88 Å². The van der Waals surface area contributed by atoms with Gasteiger partial charge >= 0.3 is 0 Å². The van der Waals surface area contributed by atoms with E-state index in [4.69, 9.17) is 21.1 Å². The first-order valence-corrected chi connectivity index (χ1v) is 7.48. The van der Waals surface area contributed by atoms with Crippen molar-refractivity contribution >= 4 is 33.2 Å². The van der Waals surface area contributed by atoms with E-state index >= 15 is 0 Å². The van der Waals surface area contributed by atoms with Crippen LogP contribution >= 0.6 is 27.5 Å². The highest BCUT2D eigenvalue weighted by Gasteiger charge is 2.15. The standard InChI is InChI=1S/C14H17BrClN3O2/c1-8-10(14(21-4)19(2)18-8)7-17-12-6-9(16)5-11(15)13(12)20-3/h5-6,17H,7H2,1-4H3. The van der Waals surface area contributed by atoms with Gasteiger partial charge in [0.1, 0.15) is 0 Å². The second-order valence-electron chi connectivity index (χ2n) is 4.52. The van der Waals surface area contributed by atoms with Crippen molar-refractivity contribution in [3.63, 3.8) is 0 Å². The number of aromatic nitrogens is 2. The molecule has 1 aromatic heterocycles. The van der Waals surface area contributed by atoms with Crippen LogP contribution in [-0.2, 0) is 13.6 Å². The van der Waals surface area contributed by atoms with Gasteiger partial charge in [0.25, 0.3) is 0 Å². The van der Waals surface area contributed by atoms with Gasteiger partial charge in [-0.05, 0) is 35.0 Å². The lowest BCUT2D eigenvalue weighted by molar-refractivity contribution is 0.369. The maximum absolute atomic E-state index is 6.09. The number of aryl methyl sites for hydroxylation is 2. The summed E-state index contributed by atoms with van der Waals surface area (Å²) >= 11 is 9.53. The van der Waals surface area contributed by atoms with Gasteiger partial charge in [-0.3, -0.25) is 0 Å². The number of nitrogens with one attached hydrogen (secondary N) is 1. The van der Waals surface area contributed by atoms with Gasteiger partial charge in [-0.2, -0.15) is 5.10 Å². The first kappa shape index (κ1) is 16.0. The summed E-state index contributed by atoms with van der Waals surface area (Å²) in [6.45, 7) is 2.51. The monoisotopic (exact) mass is 373 g/mol. The average molecular weight is 375 g/mol. The SMILES string of the molecule is COc1c(Br)cc(Cl)cc1NCc1c(C)nn(C)c1OC. The van der Waals surface area contributed by atoms with Crippen LogP contribution in [0.2, 0.25) is 5.02 Å². The molecule has 1 heterocycles. The third-order valence-electron chi connectivity index (χ3n) is 3.15. The Balaban J connectivity index is 2.28. The van der Waals surface area contributed by atoms with Crippen molar-refractivity contribution < 1.29 is 9.47 Å². The van der Waals surface area contributed by atoms with Gasteiger partial charge in [-0.15, -0.1) is 0 Å². The minimum Gasteiger partial charge on any atom is -0.493 e. The molecule has 0 bridgehead atoms. The second kappa shape index (κ2) is 6.58. The summed E-state index contributed by atoms with van der Waals surface area (Å²) < 4.78 is 13.3. The quantitative estimate of drug-likeness (QED) is 0.865. The first-order chi connectivity index (χ1) is 9.97. The Morgan fingerprint density at radius 3 is 2.67 bits per heavy atom. The molecule has 1 N–H and O–H groups in total. The number of rotatable bonds is 5. The van der Waals surface area contributed by atoms with Crippen molar-refractivity contribution in [1.82, 2.24) is 9.78 Å². The summed E-state index contributed by atoms with van der Waals surface area (Å²) in [5.74, 6) is 1.44. The van der Waals surface area contributed by atoms with Crippen molar-refractivity contribution in [2.45, 2.75) is 13.5 Å². The van der Waals surface area contributed by atoms with Crippen LogP contribution in [0.4, 0.5) is 5.69 Å². The summed E-state index contributed by atoms with van der Waals surface area (Å²) in [4.78, 5) is 0. The van der Waals surface area contributed by atoms with Crippen molar-refractivity contribution in [3.8, 4) is 11.6 Å². The molecule has 0 fully saturated rings. The van der Waals surface area contributed by atoms with E-state index in [1.54, 1.807) is 25.0 Å². The van der Waals surface area contributed by atoms with Gasteiger partial charge < -0.3 is 14.8 Å². The number of hydrogen-bond donors (Lipinski definition) is 1. The zero-order valence-corrected chi connectivity index (χ0v) is 14.7. The van der Waals surface area contributed by atoms with Crippen LogP contribution in [0.1, 0.15) is 11.3 Å². The van der Waals surface area contributed by atoms with Gasteiger partial charge in [0, 0.05) is 18.6 Å². The molecule has 114 valence electrons. The Hall–Kier alpha value is -1.40. The van der Waals surface area contributed by atoms with E-state index in [9.17, 15) is 0 Å². The number of methoxy groups -OCH3 is 2. The third kappa shape index (κ3) is 3.27. The number of halogens is 2. The number of ether oxygens (including phenoxy) is 2. The zero-order valence-electron chi connectivity index (χ0n) is 12.3. The third-order valence-corrected chi connectivity index (χ3v) is 3.96. The Morgan fingerprint density at radius 2 is 2.05 bits per heavy atom. The number of anilines is 1. The summed E-state index contributed by atoms with van der Waals surface area (Å²) in [7, 11) is 5.11. The van der Waals surface area contributed by atoms with Crippen molar-refractivity contribution in [1.29, 1.82) is 0 Å². The van der Waals surface area contributed by atoms with E-state index in [0.29, 0.717) is 17.3 Å². The Labute approximate surface area is 137 Å². The lowest BCUT2D eigenvalue weighted by atomic mass is 10.2. The van der Waals surface area contributed by atoms with E-state index in [1.165, 1.54) is 0 Å². The van der Waals surface area contributed by atoms with E-state index in [1.807, 2.05) is 20.0 Å². The minimum atomic E-state index is 0.561. The molecule has 0 aliphatic rings. The summed E-state index contributed by atoms with van der Waals surface area (Å²) in [6, 6.07) is 3.62. The van der Waals surface area contributed by atoms with Crippen LogP contribution < -0.4 is 14.8 Å². The van der Waals surface area contributed by atoms with Gasteiger partial charge in [-0.1, -0.05) is 11.6 Å². The molecule has 5 nitrogen and oxygen atoms in total. The molecule has 7 heteroatoms. The summed E-state index contributed by atoms with van der Waals surface area (Å²) in [5.41, 5.74) is 2.72. The van der Waals surface area contributed by atoms with E-state index in [0.717, 1.165) is 27.3 Å². The molecular weight excluding hydrogens is 358 g/mol. The first-order valence-electron chi connectivity index (χ1n) is 6.31. The van der Waals surface area contributed by atoms with Crippen LogP contribution in [-0.4, -0.2) is 24.0 Å². The molecule has 21 heavy (non-hydrogen) atoms. The fraction of sp³-hybridized carbons (Fsp3) is 0.357. The minimum absolute atomic E-state index is 0.561. The molecule has 0 radical (unpaired) electrons. The van der Waals surface area contributed by atoms with Gasteiger partial charge in [0.15, 0.2) is 5.75 Å². The van der Waals surface area contributed by atoms with E-state index < -0.39 is 0 Å². The molecule has 0 aliphatic heterocycles. The highest BCUT2D eigenvalue weighted by Crippen LogP contribution is 2.37. The molecule has 0 aliphatic carbocycles. The van der Waals surface area contributed by atoms with Crippen LogP contribution in [0.5, 0.6) is 11.6 Å². The molecule has 2 rings (SSSR count). The second-order valence-corrected chi connectivity index (χ2v) is 5.81. The fourth-order valence-electron chi connectivity index (χ4n) is 2.22. The zero-order chi connectivity index (χ0) is 15.6. The molecule has 2 aromatic rings. The Bertz CT molecular complexity index is 658. The van der Waals surface area contributed by atoms with Crippen LogP contribution in [0.15, 0.2) is 16.6 Å². The molecule has 0 unspecified atom stereocenters. The summed E-state index contributed by atoms with van der Waals surface area (Å²) in [5, 5.41) is 8.30. The Kier molecular flexibility index (Phi) is 5.00. The topological polar surface area (TPSA) is 48.3 Å². The Morgan fingerprint density at radius 1 is 1.33 bits per heavy atom. The average Bonchev–Trinajstić information content (AvgIpc) is 2.69. The summed E-state index contributed by atoms with van der Waals surface area (Å²) in [6.07, 6.45) is 0. The van der Waals surface area contributed by atoms with Crippen LogP contribution in [0, 0.1) is 6.92 Å². The lowest BCUT2D eigenvalue weighted by Gasteiger charge is -2.13. The van der Waals surface area contributed by atoms with Crippen molar-refractivity contribution in [2.24, 2.45) is 7.05 Å². The number of benzene rings is 1. The molecule has 0 atom stereocenters. The van der Waals surface area contributed by atoms with Crippen LogP contribution in [0.25, 0.3) is 0 Å². The number of nitrogens with zero attached hydrogens (tertiary/aromatic N) is 2. The largest absolute Gasteiger partial charge is 0.493 e. The normalized spacial score (nSPS) is 10.6. The smallest absolute Gasteiger partial charge is 0.216 e. The highest BCUT2D eigenvalue weighted by atomic mass is 79.9. The predicted octanol–water partition coefficient (Wildman–Crippen LogP) is 3.77. The van der Waals surface area contributed by atoms with E-state index in [-0.39, 0.29) is 0 Å². The molecule has 0 spiro atoms. The molecule has 0 saturated heterocycles. The molecular formula is C14H17BrClN3O2. The highest BCUT2D eigenvalue weighted by molar-refractivity contribution is 9.10. The molecule has 1 aromatic carbocycles. The van der Waals surface area contributed by atoms with Gasteiger partial charge in [0.05, 0.1) is 35.6 Å². The van der Waals surface area contributed by atoms with Crippen LogP contribution in [0.3, 0.4) is 0 Å². The maximum atomic E-state index is 6.09. The van der Waals surface area contributed by atoms with Crippen molar-refractivity contribution in [2.75, 3.05) is 19.5 Å². The molecule has 0 amide bonds. The van der Waals surface area contributed by atoms with Crippen molar-refractivity contribution in [3.05, 3.63) is 32.9 Å². The number of hydrogen-bond acceptors (Lipinski definition) is 4. The van der Waals surface area contributed by atoms with Gasteiger partial charge in [-0.25, -0.2) is 4.68 Å². The van der Waals surface area contributed by atoms with E-state index in [2.05, 4.69) is 26.3 Å². The molecule has 0 saturated carbocycles. The lowest BCUT2D eigenvalue weighted by Crippen LogP contribution is -2.04. The maximum Gasteiger partial charge on any atom is 0.216 e.